The van der Waals surface area contributed by atoms with Crippen LogP contribution in [-0.4, -0.2) is 25.6 Å². The van der Waals surface area contributed by atoms with Gasteiger partial charge < -0.3 is 14.6 Å². The first-order valence-electron chi connectivity index (χ1n) is 12.1. The maximum atomic E-state index is 13.4. The number of rotatable bonds is 7. The Morgan fingerprint density at radius 1 is 1.08 bits per heavy atom. The average Bonchev–Trinajstić information content (AvgIpc) is 3.40. The van der Waals surface area contributed by atoms with E-state index in [4.69, 9.17) is 9.72 Å². The summed E-state index contributed by atoms with van der Waals surface area (Å²) < 4.78 is 16.0. The highest BCUT2D eigenvalue weighted by atomic mass is 32.2. The van der Waals surface area contributed by atoms with Gasteiger partial charge in [-0.2, -0.15) is 0 Å². The van der Waals surface area contributed by atoms with Crippen molar-refractivity contribution in [3.8, 4) is 22.9 Å². The first kappa shape index (κ1) is 25.4. The van der Waals surface area contributed by atoms with Crippen LogP contribution in [0.1, 0.15) is 55.6 Å². The standard InChI is InChI=1S/C28H28N4O3S2/c1-16(2)24(37-34)18-11-9-17(10-12-18)21-14-13-20-23(19-7-5-6-8-22(19)35-25(20)30-21)28(3,4)26(33)31-27-32-29-15-36-27/h5-16,23-24,34H,1-4H3,(H,31,32,33)/t23-,24?/m0/s1. The lowest BCUT2D eigenvalue weighted by Crippen LogP contribution is -2.38. The second-order valence-electron chi connectivity index (χ2n) is 9.98. The quantitative estimate of drug-likeness (QED) is 0.239. The van der Waals surface area contributed by atoms with Crippen LogP contribution in [-0.2, 0) is 4.79 Å². The number of carbonyl (C=O) groups is 1. The molecule has 9 heteroatoms. The van der Waals surface area contributed by atoms with E-state index in [9.17, 15) is 9.35 Å². The molecule has 2 aromatic carbocycles. The van der Waals surface area contributed by atoms with Crippen molar-refractivity contribution in [3.63, 3.8) is 0 Å². The summed E-state index contributed by atoms with van der Waals surface area (Å²) in [6.07, 6.45) is 0. The van der Waals surface area contributed by atoms with Crippen LogP contribution in [0, 0.1) is 11.3 Å². The van der Waals surface area contributed by atoms with Gasteiger partial charge in [-0.3, -0.25) is 4.79 Å². The number of para-hydroxylation sites is 1. The van der Waals surface area contributed by atoms with E-state index in [1.165, 1.54) is 11.3 Å². The molecular formula is C28H28N4O3S2. The molecule has 7 nitrogen and oxygen atoms in total. The molecule has 0 radical (unpaired) electrons. The monoisotopic (exact) mass is 532 g/mol. The van der Waals surface area contributed by atoms with Crippen molar-refractivity contribution in [2.75, 3.05) is 5.32 Å². The van der Waals surface area contributed by atoms with Crippen molar-refractivity contribution in [1.82, 2.24) is 15.2 Å². The van der Waals surface area contributed by atoms with Crippen molar-refractivity contribution < 1.29 is 14.1 Å². The molecule has 0 saturated heterocycles. The number of ether oxygens (including phenoxy) is 1. The van der Waals surface area contributed by atoms with Gasteiger partial charge in [0.2, 0.25) is 16.9 Å². The van der Waals surface area contributed by atoms with Crippen LogP contribution in [0.3, 0.4) is 0 Å². The molecule has 1 amide bonds. The third-order valence-corrected chi connectivity index (χ3v) is 8.43. The van der Waals surface area contributed by atoms with Gasteiger partial charge in [-0.15, -0.1) is 10.2 Å². The predicted molar refractivity (Wildman–Crippen MR) is 148 cm³/mol. The molecule has 37 heavy (non-hydrogen) atoms. The van der Waals surface area contributed by atoms with E-state index >= 15 is 0 Å². The van der Waals surface area contributed by atoms with E-state index < -0.39 is 5.41 Å². The molecule has 0 saturated carbocycles. The summed E-state index contributed by atoms with van der Waals surface area (Å²) in [7, 11) is 0. The predicted octanol–water partition coefficient (Wildman–Crippen LogP) is 7.41. The van der Waals surface area contributed by atoms with Gasteiger partial charge in [-0.25, -0.2) is 4.98 Å². The molecule has 190 valence electrons. The maximum absolute atomic E-state index is 13.4. The van der Waals surface area contributed by atoms with E-state index in [1.807, 2.05) is 74.5 Å². The molecule has 0 spiro atoms. The zero-order valence-electron chi connectivity index (χ0n) is 21.0. The van der Waals surface area contributed by atoms with Gasteiger partial charge in [-0.1, -0.05) is 87.6 Å². The van der Waals surface area contributed by atoms with Crippen LogP contribution in [0.4, 0.5) is 5.13 Å². The maximum Gasteiger partial charge on any atom is 0.232 e. The summed E-state index contributed by atoms with van der Waals surface area (Å²) in [5, 5.41) is 11.2. The fraction of sp³-hybridized carbons (Fsp3) is 0.286. The van der Waals surface area contributed by atoms with E-state index in [0.717, 1.165) is 40.0 Å². The highest BCUT2D eigenvalue weighted by Crippen LogP contribution is 2.52. The van der Waals surface area contributed by atoms with Crippen molar-refractivity contribution in [1.29, 1.82) is 0 Å². The first-order chi connectivity index (χ1) is 17.8. The lowest BCUT2D eigenvalue weighted by molar-refractivity contribution is -0.124. The summed E-state index contributed by atoms with van der Waals surface area (Å²) in [6, 6.07) is 19.9. The SMILES string of the molecule is CC(C)C(SO)c1ccc(-c2ccc3c(n2)Oc2ccccc2[C@@H]3C(C)(C)C(=O)Nc2nncs2)cc1. The van der Waals surface area contributed by atoms with Crippen LogP contribution in [0.15, 0.2) is 66.2 Å². The Morgan fingerprint density at radius 3 is 2.51 bits per heavy atom. The molecular weight excluding hydrogens is 504 g/mol. The Kier molecular flexibility index (Phi) is 7.02. The van der Waals surface area contributed by atoms with Crippen LogP contribution in [0.25, 0.3) is 11.3 Å². The molecule has 0 aliphatic carbocycles. The molecule has 5 rings (SSSR count). The minimum Gasteiger partial charge on any atom is -0.438 e. The van der Waals surface area contributed by atoms with E-state index in [-0.39, 0.29) is 17.1 Å². The summed E-state index contributed by atoms with van der Waals surface area (Å²) in [5.74, 6) is 1.06. The van der Waals surface area contributed by atoms with Crippen LogP contribution < -0.4 is 10.1 Å². The minimum atomic E-state index is -0.834. The minimum absolute atomic E-state index is 0.0136. The largest absolute Gasteiger partial charge is 0.438 e. The third kappa shape index (κ3) is 4.86. The van der Waals surface area contributed by atoms with Crippen LogP contribution in [0.2, 0.25) is 0 Å². The van der Waals surface area contributed by atoms with Gasteiger partial charge in [-0.05, 0) is 35.7 Å². The van der Waals surface area contributed by atoms with Gasteiger partial charge in [0, 0.05) is 22.6 Å². The fourth-order valence-corrected chi connectivity index (χ4v) is 5.76. The number of carbonyl (C=O) groups excluding carboxylic acids is 1. The summed E-state index contributed by atoms with van der Waals surface area (Å²) in [4.78, 5) is 18.3. The van der Waals surface area contributed by atoms with Crippen molar-refractivity contribution >= 4 is 34.4 Å². The summed E-state index contributed by atoms with van der Waals surface area (Å²) in [5.41, 5.74) is 5.34. The smallest absolute Gasteiger partial charge is 0.232 e. The van der Waals surface area contributed by atoms with E-state index in [0.29, 0.717) is 22.7 Å². The molecule has 2 aromatic heterocycles. The lowest BCUT2D eigenvalue weighted by atomic mass is 9.69. The van der Waals surface area contributed by atoms with Gasteiger partial charge in [0.15, 0.2) is 0 Å². The molecule has 1 unspecified atom stereocenters. The molecule has 2 atom stereocenters. The second-order valence-corrected chi connectivity index (χ2v) is 11.5. The zero-order chi connectivity index (χ0) is 26.2. The number of benzene rings is 2. The number of nitrogens with one attached hydrogen (secondary N) is 1. The first-order valence-corrected chi connectivity index (χ1v) is 13.8. The highest BCUT2D eigenvalue weighted by molar-refractivity contribution is 7.94. The Labute approximate surface area is 224 Å². The molecule has 1 aliphatic rings. The van der Waals surface area contributed by atoms with Gasteiger partial charge in [0.1, 0.15) is 11.3 Å². The van der Waals surface area contributed by atoms with Gasteiger partial charge in [0.05, 0.1) is 16.4 Å². The van der Waals surface area contributed by atoms with Crippen molar-refractivity contribution in [2.24, 2.45) is 11.3 Å². The van der Waals surface area contributed by atoms with Gasteiger partial charge >= 0.3 is 0 Å². The van der Waals surface area contributed by atoms with Crippen molar-refractivity contribution in [3.05, 3.63) is 82.9 Å². The number of hydrogen-bond donors (Lipinski definition) is 2. The molecule has 4 aromatic rings. The Bertz CT molecular complexity index is 1410. The number of nitrogens with zero attached hydrogens (tertiary/aromatic N) is 3. The molecule has 2 N–H and O–H groups in total. The summed E-state index contributed by atoms with van der Waals surface area (Å²) in [6.45, 7) is 8.04. The topological polar surface area (TPSA) is 97.2 Å². The summed E-state index contributed by atoms with van der Waals surface area (Å²) >= 11 is 2.16. The molecule has 0 bridgehead atoms. The number of pyridine rings is 1. The normalized spacial score (nSPS) is 15.5. The number of anilines is 1. The molecule has 0 fully saturated rings. The van der Waals surface area contributed by atoms with E-state index in [2.05, 4.69) is 29.4 Å². The number of fused-ring (bicyclic) bond motifs is 2. The number of aromatic nitrogens is 3. The number of hydrogen-bond acceptors (Lipinski definition) is 8. The Morgan fingerprint density at radius 2 is 1.84 bits per heavy atom. The molecule has 3 heterocycles. The van der Waals surface area contributed by atoms with Crippen LogP contribution in [0.5, 0.6) is 11.6 Å². The van der Waals surface area contributed by atoms with Crippen LogP contribution >= 0.6 is 23.4 Å². The highest BCUT2D eigenvalue weighted by Gasteiger charge is 2.44. The van der Waals surface area contributed by atoms with Gasteiger partial charge in [0.25, 0.3) is 0 Å². The fourth-order valence-electron chi connectivity index (χ4n) is 4.80. The van der Waals surface area contributed by atoms with Crippen molar-refractivity contribution in [2.45, 2.75) is 38.9 Å². The molecule has 1 aliphatic heterocycles. The third-order valence-electron chi connectivity index (χ3n) is 6.78. The second kappa shape index (κ2) is 10.2. The van der Waals surface area contributed by atoms with E-state index in [1.54, 1.807) is 5.51 Å². The lowest BCUT2D eigenvalue weighted by Gasteiger charge is -2.37. The average molecular weight is 533 g/mol. The zero-order valence-corrected chi connectivity index (χ0v) is 22.6. The Hall–Kier alpha value is -3.27. The Balaban J connectivity index is 1.51. The number of amides is 1.